The van der Waals surface area contributed by atoms with Crippen LogP contribution in [0.2, 0.25) is 5.15 Å². The maximum absolute atomic E-state index is 8.52. The Morgan fingerprint density at radius 2 is 2.38 bits per heavy atom. The van der Waals surface area contributed by atoms with Crippen molar-refractivity contribution in [1.29, 1.82) is 0 Å². The van der Waals surface area contributed by atoms with E-state index >= 15 is 0 Å². The number of halogens is 1. The van der Waals surface area contributed by atoms with Gasteiger partial charge in [0.2, 0.25) is 0 Å². The number of rotatable bonds is 1. The lowest BCUT2D eigenvalue weighted by Gasteiger charge is -1.96. The third kappa shape index (κ3) is 3.06. The predicted octanol–water partition coefficient (Wildman–Crippen LogP) is 1.78. The second-order valence-electron chi connectivity index (χ2n) is 2.60. The topological polar surface area (TPSA) is 33.1 Å². The van der Waals surface area contributed by atoms with E-state index in [-0.39, 0.29) is 6.61 Å². The van der Waals surface area contributed by atoms with Gasteiger partial charge in [0, 0.05) is 18.2 Å². The molecule has 0 aliphatic carbocycles. The highest BCUT2D eigenvalue weighted by Crippen LogP contribution is 2.10. The van der Waals surface area contributed by atoms with Crippen LogP contribution in [0.3, 0.4) is 0 Å². The first-order valence-corrected chi connectivity index (χ1v) is 4.33. The molecular formula is C10H10ClNO. The standard InChI is InChI=1S/C10H10ClNO/c1-8-6-10(11)12-7-9(8)4-2-3-5-13/h6-7,13H,3,5H2,1H3. The van der Waals surface area contributed by atoms with Crippen molar-refractivity contribution >= 4 is 11.6 Å². The Labute approximate surface area is 82.6 Å². The Morgan fingerprint density at radius 1 is 1.62 bits per heavy atom. The van der Waals surface area contributed by atoms with Gasteiger partial charge in [0.1, 0.15) is 5.15 Å². The minimum atomic E-state index is 0.0903. The molecule has 0 saturated heterocycles. The molecule has 0 aliphatic rings. The molecule has 0 aromatic carbocycles. The Kier molecular flexibility index (Phi) is 3.75. The highest BCUT2D eigenvalue weighted by molar-refractivity contribution is 6.29. The molecule has 0 unspecified atom stereocenters. The first-order chi connectivity index (χ1) is 6.24. The van der Waals surface area contributed by atoms with Crippen LogP contribution in [0.4, 0.5) is 0 Å². The summed E-state index contributed by atoms with van der Waals surface area (Å²) in [7, 11) is 0. The zero-order valence-electron chi connectivity index (χ0n) is 7.34. The van der Waals surface area contributed by atoms with E-state index in [2.05, 4.69) is 16.8 Å². The van der Waals surface area contributed by atoms with Crippen LogP contribution in [-0.4, -0.2) is 16.7 Å². The zero-order valence-corrected chi connectivity index (χ0v) is 8.10. The molecule has 0 aliphatic heterocycles. The van der Waals surface area contributed by atoms with E-state index in [1.165, 1.54) is 0 Å². The molecule has 68 valence electrons. The molecule has 1 N–H and O–H groups in total. The van der Waals surface area contributed by atoms with Gasteiger partial charge in [-0.1, -0.05) is 23.4 Å². The lowest BCUT2D eigenvalue weighted by atomic mass is 10.2. The largest absolute Gasteiger partial charge is 0.395 e. The van der Waals surface area contributed by atoms with Crippen molar-refractivity contribution in [2.45, 2.75) is 13.3 Å². The summed E-state index contributed by atoms with van der Waals surface area (Å²) in [6.07, 6.45) is 2.13. The van der Waals surface area contributed by atoms with E-state index in [4.69, 9.17) is 16.7 Å². The molecule has 3 heteroatoms. The van der Waals surface area contributed by atoms with Crippen LogP contribution in [0.15, 0.2) is 12.3 Å². The minimum Gasteiger partial charge on any atom is -0.395 e. The third-order valence-electron chi connectivity index (χ3n) is 1.54. The molecule has 2 nitrogen and oxygen atoms in total. The van der Waals surface area contributed by atoms with Crippen molar-refractivity contribution in [1.82, 2.24) is 4.98 Å². The number of aliphatic hydroxyl groups excluding tert-OH is 1. The van der Waals surface area contributed by atoms with Crippen LogP contribution in [0.1, 0.15) is 17.5 Å². The van der Waals surface area contributed by atoms with Gasteiger partial charge in [0.15, 0.2) is 0 Å². The smallest absolute Gasteiger partial charge is 0.129 e. The summed E-state index contributed by atoms with van der Waals surface area (Å²) in [5, 5.41) is 9.00. The van der Waals surface area contributed by atoms with Gasteiger partial charge in [-0.15, -0.1) is 0 Å². The molecular weight excluding hydrogens is 186 g/mol. The van der Waals surface area contributed by atoms with Crippen molar-refractivity contribution in [3.63, 3.8) is 0 Å². The van der Waals surface area contributed by atoms with E-state index in [1.54, 1.807) is 12.3 Å². The molecule has 1 heterocycles. The average Bonchev–Trinajstić information content (AvgIpc) is 2.09. The number of pyridine rings is 1. The number of aliphatic hydroxyl groups is 1. The van der Waals surface area contributed by atoms with E-state index < -0.39 is 0 Å². The summed E-state index contributed by atoms with van der Waals surface area (Å²) >= 11 is 5.68. The molecule has 0 saturated carbocycles. The Balaban J connectivity index is 2.85. The Bertz CT molecular complexity index is 352. The van der Waals surface area contributed by atoms with Gasteiger partial charge in [-0.05, 0) is 18.6 Å². The fourth-order valence-electron chi connectivity index (χ4n) is 0.866. The van der Waals surface area contributed by atoms with Crippen LogP contribution in [0.5, 0.6) is 0 Å². The van der Waals surface area contributed by atoms with Crippen molar-refractivity contribution in [2.75, 3.05) is 6.61 Å². The first kappa shape index (κ1) is 10.0. The molecule has 0 atom stereocenters. The summed E-state index contributed by atoms with van der Waals surface area (Å²) < 4.78 is 0. The molecule has 1 rings (SSSR count). The molecule has 1 aromatic rings. The molecule has 0 spiro atoms. The fourth-order valence-corrected chi connectivity index (χ4v) is 1.08. The van der Waals surface area contributed by atoms with Gasteiger partial charge in [0.05, 0.1) is 6.61 Å². The first-order valence-electron chi connectivity index (χ1n) is 3.96. The second-order valence-corrected chi connectivity index (χ2v) is 2.98. The van der Waals surface area contributed by atoms with E-state index in [0.29, 0.717) is 11.6 Å². The van der Waals surface area contributed by atoms with Gasteiger partial charge < -0.3 is 5.11 Å². The monoisotopic (exact) mass is 195 g/mol. The predicted molar refractivity (Wildman–Crippen MR) is 52.6 cm³/mol. The van der Waals surface area contributed by atoms with E-state index in [9.17, 15) is 0 Å². The fraction of sp³-hybridized carbons (Fsp3) is 0.300. The highest BCUT2D eigenvalue weighted by atomic mass is 35.5. The second kappa shape index (κ2) is 4.86. The maximum Gasteiger partial charge on any atom is 0.129 e. The lowest BCUT2D eigenvalue weighted by Crippen LogP contribution is -1.85. The molecule has 0 fully saturated rings. The quantitative estimate of drug-likeness (QED) is 0.548. The van der Waals surface area contributed by atoms with Crippen molar-refractivity contribution < 1.29 is 5.11 Å². The summed E-state index contributed by atoms with van der Waals surface area (Å²) in [6.45, 7) is 2.02. The number of hydrogen-bond donors (Lipinski definition) is 1. The Morgan fingerprint density at radius 3 is 3.00 bits per heavy atom. The van der Waals surface area contributed by atoms with Crippen LogP contribution in [-0.2, 0) is 0 Å². The maximum atomic E-state index is 8.52. The summed E-state index contributed by atoms with van der Waals surface area (Å²) in [5.74, 6) is 5.74. The van der Waals surface area contributed by atoms with Crippen LogP contribution < -0.4 is 0 Å². The number of aromatic nitrogens is 1. The van der Waals surface area contributed by atoms with Crippen LogP contribution >= 0.6 is 11.6 Å². The summed E-state index contributed by atoms with van der Waals surface area (Å²) in [6, 6.07) is 1.77. The number of hydrogen-bond acceptors (Lipinski definition) is 2. The molecule has 0 bridgehead atoms. The van der Waals surface area contributed by atoms with Gasteiger partial charge in [-0.2, -0.15) is 0 Å². The minimum absolute atomic E-state index is 0.0903. The zero-order chi connectivity index (χ0) is 9.68. The molecule has 13 heavy (non-hydrogen) atoms. The van der Waals surface area contributed by atoms with Crippen LogP contribution in [0, 0.1) is 18.8 Å². The van der Waals surface area contributed by atoms with Crippen molar-refractivity contribution in [2.24, 2.45) is 0 Å². The lowest BCUT2D eigenvalue weighted by molar-refractivity contribution is 0.305. The van der Waals surface area contributed by atoms with Gasteiger partial charge in [-0.3, -0.25) is 0 Å². The molecule has 0 amide bonds. The van der Waals surface area contributed by atoms with Crippen molar-refractivity contribution in [3.8, 4) is 11.8 Å². The van der Waals surface area contributed by atoms with Gasteiger partial charge >= 0.3 is 0 Å². The third-order valence-corrected chi connectivity index (χ3v) is 1.74. The van der Waals surface area contributed by atoms with Crippen molar-refractivity contribution in [3.05, 3.63) is 28.5 Å². The molecule has 0 radical (unpaired) electrons. The van der Waals surface area contributed by atoms with E-state index in [1.807, 2.05) is 6.92 Å². The highest BCUT2D eigenvalue weighted by Gasteiger charge is 1.95. The van der Waals surface area contributed by atoms with Crippen LogP contribution in [0.25, 0.3) is 0 Å². The van der Waals surface area contributed by atoms with E-state index in [0.717, 1.165) is 11.1 Å². The van der Waals surface area contributed by atoms with Gasteiger partial charge in [0.25, 0.3) is 0 Å². The van der Waals surface area contributed by atoms with Gasteiger partial charge in [-0.25, -0.2) is 4.98 Å². The Hall–Kier alpha value is -1.04. The SMILES string of the molecule is Cc1cc(Cl)ncc1C#CCCO. The summed E-state index contributed by atoms with van der Waals surface area (Å²) in [5.41, 5.74) is 1.86. The summed E-state index contributed by atoms with van der Waals surface area (Å²) in [4.78, 5) is 3.92. The normalized spacial score (nSPS) is 9.15. The average molecular weight is 196 g/mol. The number of nitrogens with zero attached hydrogens (tertiary/aromatic N) is 1. The molecule has 1 aromatic heterocycles. The number of aryl methyl sites for hydroxylation is 1.